The lowest BCUT2D eigenvalue weighted by molar-refractivity contribution is 0.121. The number of hydrogen-bond donors (Lipinski definition) is 1. The second-order valence-corrected chi connectivity index (χ2v) is 11.5. The van der Waals surface area contributed by atoms with Crippen LogP contribution in [-0.2, 0) is 4.74 Å². The standard InChI is InChI=1S/C34H34N3O3S/c1-2-3-4-5-14-36-22-24(21-35)23-12-13-31-29(19-23)27-10-7-9-26(34(27)41-31)25-8-6-11-28-30(38)20-32(40-33(25)28)37-15-17-39-18-16-37/h6-13,19-22,36H,2-5,14-18H2,1H3/q-1/b24-22+. The fraction of sp³-hybridized carbons (Fsp3) is 0.294. The lowest BCUT2D eigenvalue weighted by Gasteiger charge is -2.27. The van der Waals surface area contributed by atoms with Crippen LogP contribution < -0.4 is 15.6 Å². The van der Waals surface area contributed by atoms with E-state index in [0.29, 0.717) is 43.2 Å². The average molecular weight is 565 g/mol. The number of thiophene rings is 1. The second-order valence-electron chi connectivity index (χ2n) is 10.5. The molecule has 0 atom stereocenters. The first-order valence-electron chi connectivity index (χ1n) is 14.4. The number of hydrogen-bond acceptors (Lipinski definition) is 6. The quantitative estimate of drug-likeness (QED) is 0.138. The molecule has 0 spiro atoms. The molecule has 3 heterocycles. The van der Waals surface area contributed by atoms with Crippen molar-refractivity contribution in [1.82, 2.24) is 5.32 Å². The average Bonchev–Trinajstić information content (AvgIpc) is 3.39. The van der Waals surface area contributed by atoms with Crippen LogP contribution in [0, 0.1) is 0 Å². The zero-order valence-corrected chi connectivity index (χ0v) is 24.1. The zero-order valence-electron chi connectivity index (χ0n) is 23.3. The molecule has 5 aromatic rings. The molecular formula is C34H34N3O3S-. The number of morpholine rings is 1. The van der Waals surface area contributed by atoms with Gasteiger partial charge in [0.05, 0.1) is 18.6 Å². The van der Waals surface area contributed by atoms with Crippen molar-refractivity contribution in [2.24, 2.45) is 0 Å². The minimum Gasteiger partial charge on any atom is -0.810 e. The molecule has 6 rings (SSSR count). The molecule has 1 saturated heterocycles. The molecule has 1 aliphatic rings. The minimum absolute atomic E-state index is 0.0405. The fourth-order valence-corrected chi connectivity index (χ4v) is 6.75. The van der Waals surface area contributed by atoms with E-state index in [1.807, 2.05) is 24.4 Å². The smallest absolute Gasteiger partial charge is 0.200 e. The van der Waals surface area contributed by atoms with E-state index in [-0.39, 0.29) is 5.43 Å². The van der Waals surface area contributed by atoms with Crippen LogP contribution in [0.25, 0.3) is 53.3 Å². The van der Waals surface area contributed by atoms with Gasteiger partial charge in [0.1, 0.15) is 5.58 Å². The molecular weight excluding hydrogens is 530 g/mol. The van der Waals surface area contributed by atoms with Crippen LogP contribution in [0.3, 0.4) is 0 Å². The zero-order chi connectivity index (χ0) is 28.2. The highest BCUT2D eigenvalue weighted by Crippen LogP contribution is 2.42. The van der Waals surface area contributed by atoms with Gasteiger partial charge >= 0.3 is 0 Å². The van der Waals surface area contributed by atoms with Crippen LogP contribution in [0.5, 0.6) is 0 Å². The van der Waals surface area contributed by atoms with E-state index in [9.17, 15) is 10.2 Å². The predicted molar refractivity (Wildman–Crippen MR) is 173 cm³/mol. The van der Waals surface area contributed by atoms with E-state index in [0.717, 1.165) is 55.4 Å². The number of ether oxygens (including phenoxy) is 1. The summed E-state index contributed by atoms with van der Waals surface area (Å²) in [4.78, 5) is 15.2. The largest absolute Gasteiger partial charge is 0.810 e. The van der Waals surface area contributed by atoms with E-state index in [1.54, 1.807) is 17.4 Å². The number of allylic oxidation sites excluding steroid dienone is 1. The Labute approximate surface area is 243 Å². The third kappa shape index (κ3) is 5.52. The summed E-state index contributed by atoms with van der Waals surface area (Å²) < 4.78 is 14.2. The van der Waals surface area contributed by atoms with Crippen LogP contribution in [-0.4, -0.2) is 39.1 Å². The molecule has 0 unspecified atom stereocenters. The van der Waals surface area contributed by atoms with Crippen molar-refractivity contribution in [3.8, 4) is 11.1 Å². The van der Waals surface area contributed by atoms with Gasteiger partial charge < -0.3 is 24.8 Å². The van der Waals surface area contributed by atoms with Crippen LogP contribution in [0.15, 0.2) is 76.1 Å². The first-order valence-corrected chi connectivity index (χ1v) is 15.3. The molecule has 210 valence electrons. The first kappa shape index (κ1) is 27.2. The Morgan fingerprint density at radius 3 is 2.59 bits per heavy atom. The Balaban J connectivity index is 1.40. The topological polar surface area (TPSA) is 77.0 Å². The summed E-state index contributed by atoms with van der Waals surface area (Å²) in [5.74, 6) is 0.588. The maximum absolute atomic E-state index is 13.2. The molecule has 1 fully saturated rings. The van der Waals surface area contributed by atoms with Crippen molar-refractivity contribution in [2.45, 2.75) is 32.6 Å². The van der Waals surface area contributed by atoms with Crippen molar-refractivity contribution in [1.29, 1.82) is 0 Å². The Morgan fingerprint density at radius 1 is 0.976 bits per heavy atom. The normalized spacial score (nSPS) is 14.3. The number of para-hydroxylation sites is 1. The van der Waals surface area contributed by atoms with Crippen molar-refractivity contribution in [3.63, 3.8) is 0 Å². The summed E-state index contributed by atoms with van der Waals surface area (Å²) in [6.07, 6.45) is 7.85. The maximum atomic E-state index is 13.2. The highest BCUT2D eigenvalue weighted by atomic mass is 32.1. The number of benzene rings is 3. The van der Waals surface area contributed by atoms with Gasteiger partial charge in [0.15, 0.2) is 11.3 Å². The number of fused-ring (bicyclic) bond motifs is 4. The highest BCUT2D eigenvalue weighted by Gasteiger charge is 2.19. The van der Waals surface area contributed by atoms with Crippen molar-refractivity contribution in [2.75, 3.05) is 37.7 Å². The Hall–Kier alpha value is -3.94. The molecule has 0 radical (unpaired) electrons. The third-order valence-corrected chi connectivity index (χ3v) is 8.98. The van der Waals surface area contributed by atoms with Gasteiger partial charge in [-0.05, 0) is 35.8 Å². The summed E-state index contributed by atoms with van der Waals surface area (Å²) in [5, 5.41) is 16.2. The Bertz CT molecular complexity index is 1800. The molecule has 41 heavy (non-hydrogen) atoms. The number of nitrogens with zero attached hydrogens (tertiary/aromatic N) is 2. The minimum atomic E-state index is -0.0405. The van der Waals surface area contributed by atoms with Crippen molar-refractivity contribution < 1.29 is 9.15 Å². The summed E-state index contributed by atoms with van der Waals surface area (Å²) in [7, 11) is 0. The second kappa shape index (κ2) is 12.3. The van der Waals surface area contributed by atoms with E-state index in [1.165, 1.54) is 25.5 Å². The van der Waals surface area contributed by atoms with Gasteiger partial charge in [-0.3, -0.25) is 4.79 Å². The molecule has 0 bridgehead atoms. The summed E-state index contributed by atoms with van der Waals surface area (Å²) >= 11 is 1.73. The molecule has 0 amide bonds. The summed E-state index contributed by atoms with van der Waals surface area (Å²) in [5.41, 5.74) is 4.22. The third-order valence-electron chi connectivity index (χ3n) is 7.76. The van der Waals surface area contributed by atoms with Gasteiger partial charge in [-0.15, -0.1) is 11.3 Å². The molecule has 7 heteroatoms. The molecule has 6 nitrogen and oxygen atoms in total. The van der Waals surface area contributed by atoms with Gasteiger partial charge in [0.25, 0.3) is 0 Å². The number of anilines is 1. The van der Waals surface area contributed by atoms with Gasteiger partial charge in [-0.25, -0.2) is 0 Å². The number of rotatable bonds is 10. The molecule has 0 saturated carbocycles. The number of unbranched alkanes of at least 4 members (excludes halogenated alkanes) is 3. The maximum Gasteiger partial charge on any atom is 0.200 e. The number of nitrogens with one attached hydrogen (secondary N) is 1. The van der Waals surface area contributed by atoms with Gasteiger partial charge in [-0.1, -0.05) is 62.6 Å². The molecule has 1 N–H and O–H groups in total. The van der Waals surface area contributed by atoms with Gasteiger partial charge in [-0.2, -0.15) is 6.21 Å². The predicted octanol–water partition coefficient (Wildman–Crippen LogP) is 7.82. The van der Waals surface area contributed by atoms with Gasteiger partial charge in [0, 0.05) is 63.2 Å². The van der Waals surface area contributed by atoms with E-state index >= 15 is 0 Å². The molecule has 1 aliphatic heterocycles. The first-order chi connectivity index (χ1) is 20.2. The van der Waals surface area contributed by atoms with Crippen LogP contribution in [0.4, 0.5) is 5.88 Å². The van der Waals surface area contributed by atoms with E-state index < -0.39 is 0 Å². The van der Waals surface area contributed by atoms with E-state index in [2.05, 4.69) is 53.5 Å². The molecule has 2 aromatic heterocycles. The molecule has 3 aromatic carbocycles. The van der Waals surface area contributed by atoms with Crippen LogP contribution in [0.2, 0.25) is 0 Å². The van der Waals surface area contributed by atoms with Crippen molar-refractivity contribution in [3.05, 3.63) is 88.1 Å². The Morgan fingerprint density at radius 2 is 1.78 bits per heavy atom. The van der Waals surface area contributed by atoms with Crippen molar-refractivity contribution >= 4 is 60.2 Å². The summed E-state index contributed by atoms with van der Waals surface area (Å²) in [6.45, 7) is 5.72. The van der Waals surface area contributed by atoms with Crippen LogP contribution in [0.1, 0.15) is 38.2 Å². The summed E-state index contributed by atoms with van der Waals surface area (Å²) in [6, 6.07) is 20.0. The molecule has 0 aliphatic carbocycles. The Kier molecular flexibility index (Phi) is 8.16. The lowest BCUT2D eigenvalue weighted by Crippen LogP contribution is -2.36. The SMILES string of the molecule is CCCCCCN/C=C(\C=[N-])c1ccc2sc3c(-c4cccc5c(=O)cc(N6CCOCC6)oc45)cccc3c2c1. The highest BCUT2D eigenvalue weighted by molar-refractivity contribution is 7.26. The lowest BCUT2D eigenvalue weighted by atomic mass is 9.99. The monoisotopic (exact) mass is 564 g/mol. The fourth-order valence-electron chi connectivity index (χ4n) is 5.54. The van der Waals surface area contributed by atoms with Gasteiger partial charge in [0.2, 0.25) is 0 Å². The van der Waals surface area contributed by atoms with Crippen LogP contribution >= 0.6 is 11.3 Å². The van der Waals surface area contributed by atoms with E-state index in [4.69, 9.17) is 9.15 Å².